The molecular weight excluding hydrogens is 288 g/mol. The summed E-state index contributed by atoms with van der Waals surface area (Å²) in [7, 11) is 0. The molecule has 2 aliphatic rings. The first-order valence-electron chi connectivity index (χ1n) is 9.49. The third-order valence-corrected chi connectivity index (χ3v) is 7.84. The van der Waals surface area contributed by atoms with E-state index in [1.807, 2.05) is 0 Å². The maximum absolute atomic E-state index is 11.9. The molecule has 0 aromatic carbocycles. The van der Waals surface area contributed by atoms with Gasteiger partial charge in [0.15, 0.2) is 0 Å². The molecule has 23 heavy (non-hydrogen) atoms. The van der Waals surface area contributed by atoms with E-state index in [4.69, 9.17) is 0 Å². The van der Waals surface area contributed by atoms with Crippen molar-refractivity contribution in [3.05, 3.63) is 0 Å². The van der Waals surface area contributed by atoms with Gasteiger partial charge in [0.2, 0.25) is 0 Å². The summed E-state index contributed by atoms with van der Waals surface area (Å²) in [5.74, 6) is 0.950. The summed E-state index contributed by atoms with van der Waals surface area (Å²) in [5.41, 5.74) is -0.323. The Bertz CT molecular complexity index is 435. The van der Waals surface area contributed by atoms with Gasteiger partial charge in [-0.15, -0.1) is 0 Å². The molecule has 4 unspecified atom stereocenters. The first-order valence-corrected chi connectivity index (χ1v) is 9.49. The Hall–Kier alpha value is -0.770. The summed E-state index contributed by atoms with van der Waals surface area (Å²) < 4.78 is 0. The van der Waals surface area contributed by atoms with E-state index in [-0.39, 0.29) is 16.4 Å². The highest BCUT2D eigenvalue weighted by molar-refractivity contribution is 5.66. The van der Waals surface area contributed by atoms with Gasteiger partial charge < -0.3 is 15.7 Å². The van der Waals surface area contributed by atoms with Gasteiger partial charge in [0.25, 0.3) is 0 Å². The van der Waals surface area contributed by atoms with Crippen molar-refractivity contribution in [3.8, 4) is 0 Å². The lowest BCUT2D eigenvalue weighted by molar-refractivity contribution is -0.136. The van der Waals surface area contributed by atoms with Crippen LogP contribution in [0.2, 0.25) is 0 Å². The second-order valence-corrected chi connectivity index (χ2v) is 8.39. The predicted molar refractivity (Wildman–Crippen MR) is 94.7 cm³/mol. The predicted octanol–water partition coefficient (Wildman–Crippen LogP) is 4.25. The monoisotopic (exact) mass is 324 g/mol. The summed E-state index contributed by atoms with van der Waals surface area (Å²) in [5, 5.41) is 16.4. The minimum Gasteiger partial charge on any atom is -0.465 e. The van der Waals surface area contributed by atoms with E-state index in [9.17, 15) is 9.90 Å². The van der Waals surface area contributed by atoms with Crippen molar-refractivity contribution in [2.75, 3.05) is 13.1 Å². The average Bonchev–Trinajstić information content (AvgIpc) is 2.55. The highest BCUT2D eigenvalue weighted by atomic mass is 16.4. The van der Waals surface area contributed by atoms with Gasteiger partial charge in [-0.25, -0.2) is 4.79 Å². The fraction of sp³-hybridized carbons (Fsp3) is 0.947. The Morgan fingerprint density at radius 2 is 1.78 bits per heavy atom. The molecule has 1 saturated carbocycles. The van der Waals surface area contributed by atoms with Crippen LogP contribution < -0.4 is 10.6 Å². The first-order chi connectivity index (χ1) is 10.8. The highest BCUT2D eigenvalue weighted by Gasteiger charge is 2.65. The van der Waals surface area contributed by atoms with Gasteiger partial charge in [-0.05, 0) is 74.3 Å². The van der Waals surface area contributed by atoms with E-state index >= 15 is 0 Å². The molecule has 3 N–H and O–H groups in total. The molecule has 4 heteroatoms. The second kappa shape index (κ2) is 6.62. The third-order valence-electron chi connectivity index (χ3n) is 7.84. The van der Waals surface area contributed by atoms with E-state index in [0.29, 0.717) is 11.8 Å². The number of nitrogens with one attached hydrogen (secondary N) is 2. The van der Waals surface area contributed by atoms with Gasteiger partial charge >= 0.3 is 6.09 Å². The molecule has 0 radical (unpaired) electrons. The number of carboxylic acid groups (broad SMARTS) is 1. The topological polar surface area (TPSA) is 61.4 Å². The molecule has 1 amide bonds. The summed E-state index contributed by atoms with van der Waals surface area (Å²) in [6, 6.07) is 0. The summed E-state index contributed by atoms with van der Waals surface area (Å²) in [6.07, 6.45) is 5.65. The largest absolute Gasteiger partial charge is 0.465 e. The van der Waals surface area contributed by atoms with Crippen LogP contribution in [-0.4, -0.2) is 29.8 Å². The van der Waals surface area contributed by atoms with E-state index in [1.165, 1.54) is 6.42 Å². The number of amides is 1. The van der Waals surface area contributed by atoms with Gasteiger partial charge in [0, 0.05) is 0 Å². The summed E-state index contributed by atoms with van der Waals surface area (Å²) in [6.45, 7) is 13.5. The maximum Gasteiger partial charge on any atom is 0.405 e. The fourth-order valence-corrected chi connectivity index (χ4v) is 5.99. The van der Waals surface area contributed by atoms with Crippen LogP contribution in [-0.2, 0) is 0 Å². The zero-order valence-electron chi connectivity index (χ0n) is 15.7. The van der Waals surface area contributed by atoms with Crippen LogP contribution in [0.25, 0.3) is 0 Å². The molecule has 0 bridgehead atoms. The molecule has 1 aliphatic heterocycles. The highest BCUT2D eigenvalue weighted by Crippen LogP contribution is 2.63. The van der Waals surface area contributed by atoms with Gasteiger partial charge in [0.1, 0.15) is 0 Å². The molecule has 4 nitrogen and oxygen atoms in total. The van der Waals surface area contributed by atoms with Crippen LogP contribution in [0.3, 0.4) is 0 Å². The van der Waals surface area contributed by atoms with Crippen molar-refractivity contribution in [2.24, 2.45) is 22.7 Å². The molecule has 4 atom stereocenters. The molecule has 1 saturated heterocycles. The smallest absolute Gasteiger partial charge is 0.405 e. The van der Waals surface area contributed by atoms with Crippen molar-refractivity contribution in [3.63, 3.8) is 0 Å². The number of carbonyl (C=O) groups is 1. The van der Waals surface area contributed by atoms with Gasteiger partial charge in [-0.2, -0.15) is 0 Å². The Morgan fingerprint density at radius 3 is 2.26 bits per heavy atom. The molecular formula is C19H36N2O2. The Morgan fingerprint density at radius 1 is 1.17 bits per heavy atom. The van der Waals surface area contributed by atoms with Crippen molar-refractivity contribution in [1.82, 2.24) is 10.6 Å². The van der Waals surface area contributed by atoms with Gasteiger partial charge in [0.05, 0.1) is 5.54 Å². The molecule has 1 aliphatic carbocycles. The molecule has 0 aromatic heterocycles. The Labute approximate surface area is 141 Å². The third kappa shape index (κ3) is 2.67. The van der Waals surface area contributed by atoms with Gasteiger partial charge in [-0.1, -0.05) is 34.6 Å². The van der Waals surface area contributed by atoms with Crippen molar-refractivity contribution >= 4 is 6.09 Å². The van der Waals surface area contributed by atoms with Crippen LogP contribution in [0, 0.1) is 22.7 Å². The lowest BCUT2D eigenvalue weighted by Crippen LogP contribution is -2.75. The SMILES string of the molecule is CCC1(C)CCC(C)C(C)(CC)C1(NC(=O)O)C1CCNCC1. The number of hydrogen-bond acceptors (Lipinski definition) is 2. The van der Waals surface area contributed by atoms with Crippen molar-refractivity contribution in [2.45, 2.75) is 78.7 Å². The lowest BCUT2D eigenvalue weighted by atomic mass is 9.42. The summed E-state index contributed by atoms with van der Waals surface area (Å²) in [4.78, 5) is 11.9. The Kier molecular flexibility index (Phi) is 5.34. The number of rotatable bonds is 4. The van der Waals surface area contributed by atoms with Crippen LogP contribution in [0.4, 0.5) is 4.79 Å². The van der Waals surface area contributed by atoms with Crippen LogP contribution in [0.1, 0.15) is 73.1 Å². The number of hydrogen-bond donors (Lipinski definition) is 3. The van der Waals surface area contributed by atoms with E-state index in [0.717, 1.165) is 45.2 Å². The lowest BCUT2D eigenvalue weighted by Gasteiger charge is -2.67. The van der Waals surface area contributed by atoms with E-state index in [1.54, 1.807) is 0 Å². The van der Waals surface area contributed by atoms with Crippen molar-refractivity contribution < 1.29 is 9.90 Å². The molecule has 1 heterocycles. The van der Waals surface area contributed by atoms with Crippen LogP contribution in [0.5, 0.6) is 0 Å². The standard InChI is InChI=1S/C19H36N2O2/c1-6-17(4)11-8-14(3)18(5,7-2)19(17,21-16(22)23)15-9-12-20-13-10-15/h14-15,20-21H,6-13H2,1-5H3,(H,22,23). The minimum atomic E-state index is -0.850. The van der Waals surface area contributed by atoms with Crippen molar-refractivity contribution in [1.29, 1.82) is 0 Å². The fourth-order valence-electron chi connectivity index (χ4n) is 5.99. The van der Waals surface area contributed by atoms with Crippen LogP contribution >= 0.6 is 0 Å². The van der Waals surface area contributed by atoms with Crippen LogP contribution in [0.15, 0.2) is 0 Å². The number of piperidine rings is 1. The normalized spacial score (nSPS) is 42.4. The average molecular weight is 325 g/mol. The minimum absolute atomic E-state index is 0.00356. The first kappa shape index (κ1) is 18.6. The zero-order valence-corrected chi connectivity index (χ0v) is 15.7. The Balaban J connectivity index is 2.63. The summed E-state index contributed by atoms with van der Waals surface area (Å²) >= 11 is 0. The van der Waals surface area contributed by atoms with E-state index in [2.05, 4.69) is 45.3 Å². The molecule has 2 fully saturated rings. The van der Waals surface area contributed by atoms with E-state index < -0.39 is 6.09 Å². The second-order valence-electron chi connectivity index (χ2n) is 8.39. The molecule has 0 spiro atoms. The van der Waals surface area contributed by atoms with Gasteiger partial charge in [-0.3, -0.25) is 0 Å². The molecule has 134 valence electrons. The molecule has 2 rings (SSSR count). The zero-order chi connectivity index (χ0) is 17.3. The molecule has 0 aromatic rings. The quantitative estimate of drug-likeness (QED) is 0.724. The maximum atomic E-state index is 11.9.